The molecule has 1 aromatic carbocycles. The smallest absolute Gasteiger partial charge is 0.248 e. The number of ketones is 1. The minimum absolute atomic E-state index is 0.000359. The molecule has 0 aliphatic carbocycles. The average Bonchev–Trinajstić information content (AvgIpc) is 2.47. The van der Waals surface area contributed by atoms with Crippen LogP contribution < -0.4 is 4.90 Å². The summed E-state index contributed by atoms with van der Waals surface area (Å²) >= 11 is 1.39. The molecule has 1 amide bonds. The van der Waals surface area contributed by atoms with Gasteiger partial charge in [0.15, 0.2) is 5.78 Å². The number of carbonyl (C=O) groups excluding carboxylic acids is 2. The Bertz CT molecular complexity index is 593. The summed E-state index contributed by atoms with van der Waals surface area (Å²) in [6.45, 7) is 7.18. The molecule has 0 saturated carbocycles. The fourth-order valence-electron chi connectivity index (χ4n) is 2.55. The van der Waals surface area contributed by atoms with Gasteiger partial charge in [0, 0.05) is 16.9 Å². The highest BCUT2D eigenvalue weighted by Gasteiger charge is 2.41. The Morgan fingerprint density at radius 2 is 1.91 bits per heavy atom. The quantitative estimate of drug-likeness (QED) is 0.776. The van der Waals surface area contributed by atoms with E-state index in [1.807, 2.05) is 59.1 Å². The van der Waals surface area contributed by atoms with E-state index in [-0.39, 0.29) is 11.7 Å². The summed E-state index contributed by atoms with van der Waals surface area (Å²) in [5.74, 6) is -0.0769. The molecule has 4 nitrogen and oxygen atoms in total. The maximum Gasteiger partial charge on any atom is 0.248 e. The van der Waals surface area contributed by atoms with E-state index < -0.39 is 10.7 Å². The van der Waals surface area contributed by atoms with Gasteiger partial charge < -0.3 is 9.80 Å². The van der Waals surface area contributed by atoms with Crippen molar-refractivity contribution in [3.05, 3.63) is 24.3 Å². The topological polar surface area (TPSA) is 40.6 Å². The molecule has 0 spiro atoms. The molecule has 0 bridgehead atoms. The summed E-state index contributed by atoms with van der Waals surface area (Å²) in [6.07, 6.45) is 0.883. The number of fused-ring (bicyclic) bond motifs is 1. The second kappa shape index (κ2) is 7.05. The molecule has 0 aromatic heterocycles. The minimum atomic E-state index is -0.635. The average molecular weight is 334 g/mol. The Morgan fingerprint density at radius 1 is 1.26 bits per heavy atom. The molecule has 0 saturated heterocycles. The first-order valence-electron chi connectivity index (χ1n) is 7.98. The molecular weight excluding hydrogens is 308 g/mol. The van der Waals surface area contributed by atoms with Crippen molar-refractivity contribution in [1.82, 2.24) is 4.90 Å². The van der Waals surface area contributed by atoms with Gasteiger partial charge in [-0.2, -0.15) is 0 Å². The monoisotopic (exact) mass is 334 g/mol. The van der Waals surface area contributed by atoms with Crippen LogP contribution in [0.5, 0.6) is 0 Å². The minimum Gasteiger partial charge on any atom is -0.310 e. The Kier molecular flexibility index (Phi) is 5.53. The van der Waals surface area contributed by atoms with E-state index in [0.29, 0.717) is 6.54 Å². The maximum absolute atomic E-state index is 12.9. The van der Waals surface area contributed by atoms with Gasteiger partial charge in [-0.05, 0) is 39.2 Å². The zero-order valence-electron chi connectivity index (χ0n) is 14.6. The molecule has 1 atom stereocenters. The van der Waals surface area contributed by atoms with Crippen molar-refractivity contribution in [3.63, 3.8) is 0 Å². The van der Waals surface area contributed by atoms with E-state index >= 15 is 0 Å². The van der Waals surface area contributed by atoms with E-state index in [1.54, 1.807) is 4.90 Å². The molecule has 1 aliphatic heterocycles. The first kappa shape index (κ1) is 18.0. The third kappa shape index (κ3) is 4.15. The standard InChI is InChI=1S/C18H26N2O2S/c1-18(2,3)16(21)15-17(22)20(12-8-11-19(4)5)13-9-6-7-10-14(13)23-15/h6-7,9-10,15H,8,11-12H2,1-5H3. The molecule has 126 valence electrons. The lowest BCUT2D eigenvalue weighted by Gasteiger charge is -2.35. The van der Waals surface area contributed by atoms with Crippen molar-refractivity contribution in [2.45, 2.75) is 37.3 Å². The van der Waals surface area contributed by atoms with Crippen molar-refractivity contribution in [1.29, 1.82) is 0 Å². The van der Waals surface area contributed by atoms with E-state index in [1.165, 1.54) is 11.8 Å². The number of thioether (sulfide) groups is 1. The zero-order chi connectivity index (χ0) is 17.2. The van der Waals surface area contributed by atoms with Crippen molar-refractivity contribution in [2.24, 2.45) is 5.41 Å². The van der Waals surface area contributed by atoms with Crippen LogP contribution in [0.1, 0.15) is 27.2 Å². The van der Waals surface area contributed by atoms with Gasteiger partial charge in [-0.3, -0.25) is 9.59 Å². The second-order valence-electron chi connectivity index (χ2n) is 7.23. The number of amides is 1. The lowest BCUT2D eigenvalue weighted by molar-refractivity contribution is -0.130. The Morgan fingerprint density at radius 3 is 2.52 bits per heavy atom. The lowest BCUT2D eigenvalue weighted by Crippen LogP contribution is -2.48. The van der Waals surface area contributed by atoms with Gasteiger partial charge in [0.25, 0.3) is 0 Å². The number of Topliss-reactive ketones (excluding diaryl/α,β-unsaturated/α-hetero) is 1. The molecule has 5 heteroatoms. The molecule has 2 rings (SSSR count). The third-order valence-corrected chi connectivity index (χ3v) is 5.11. The van der Waals surface area contributed by atoms with E-state index in [2.05, 4.69) is 4.90 Å². The predicted octanol–water partition coefficient (Wildman–Crippen LogP) is 3.06. The van der Waals surface area contributed by atoms with Crippen molar-refractivity contribution in [3.8, 4) is 0 Å². The first-order chi connectivity index (χ1) is 10.7. The normalized spacial score (nSPS) is 18.3. The van der Waals surface area contributed by atoms with Crippen LogP contribution in [0, 0.1) is 5.41 Å². The van der Waals surface area contributed by atoms with Crippen LogP contribution in [0.25, 0.3) is 0 Å². The molecule has 0 N–H and O–H groups in total. The third-order valence-electron chi connectivity index (χ3n) is 3.86. The summed E-state index contributed by atoms with van der Waals surface area (Å²) in [5.41, 5.74) is 0.411. The summed E-state index contributed by atoms with van der Waals surface area (Å²) in [5, 5.41) is -0.635. The number of para-hydroxylation sites is 1. The van der Waals surface area contributed by atoms with Crippen molar-refractivity contribution in [2.75, 3.05) is 32.1 Å². The highest BCUT2D eigenvalue weighted by molar-refractivity contribution is 8.01. The van der Waals surface area contributed by atoms with Crippen molar-refractivity contribution < 1.29 is 9.59 Å². The van der Waals surface area contributed by atoms with Crippen LogP contribution in [0.15, 0.2) is 29.2 Å². The van der Waals surface area contributed by atoms with E-state index in [9.17, 15) is 9.59 Å². The van der Waals surface area contributed by atoms with Gasteiger partial charge in [0.2, 0.25) is 5.91 Å². The van der Waals surface area contributed by atoms with Crippen molar-refractivity contribution >= 4 is 29.1 Å². The number of rotatable bonds is 5. The van der Waals surface area contributed by atoms with Crippen LogP contribution in [-0.2, 0) is 9.59 Å². The van der Waals surface area contributed by atoms with Gasteiger partial charge in [-0.1, -0.05) is 32.9 Å². The predicted molar refractivity (Wildman–Crippen MR) is 96.1 cm³/mol. The largest absolute Gasteiger partial charge is 0.310 e. The molecule has 0 radical (unpaired) electrons. The maximum atomic E-state index is 12.9. The van der Waals surface area contributed by atoms with Gasteiger partial charge in [0.05, 0.1) is 5.69 Å². The number of hydrogen-bond acceptors (Lipinski definition) is 4. The fourth-order valence-corrected chi connectivity index (χ4v) is 3.95. The van der Waals surface area contributed by atoms with Gasteiger partial charge in [-0.25, -0.2) is 0 Å². The first-order valence-corrected chi connectivity index (χ1v) is 8.86. The molecule has 0 fully saturated rings. The van der Waals surface area contributed by atoms with Crippen LogP contribution in [0.2, 0.25) is 0 Å². The SMILES string of the molecule is CN(C)CCCN1C(=O)C(C(=O)C(C)(C)C)Sc2ccccc21. The Labute approximate surface area is 143 Å². The Hall–Kier alpha value is -1.33. The van der Waals surface area contributed by atoms with Crippen LogP contribution >= 0.6 is 11.8 Å². The van der Waals surface area contributed by atoms with E-state index in [0.717, 1.165) is 23.5 Å². The Balaban J connectivity index is 2.28. The van der Waals surface area contributed by atoms with Crippen LogP contribution in [0.4, 0.5) is 5.69 Å². The highest BCUT2D eigenvalue weighted by atomic mass is 32.2. The molecule has 1 aliphatic rings. The summed E-state index contributed by atoms with van der Waals surface area (Å²) < 4.78 is 0. The fraction of sp³-hybridized carbons (Fsp3) is 0.556. The summed E-state index contributed by atoms with van der Waals surface area (Å²) in [6, 6.07) is 7.86. The molecule has 1 heterocycles. The molecule has 23 heavy (non-hydrogen) atoms. The molecule has 1 aromatic rings. The number of anilines is 1. The van der Waals surface area contributed by atoms with Gasteiger partial charge in [0.1, 0.15) is 5.25 Å². The highest BCUT2D eigenvalue weighted by Crippen LogP contribution is 2.41. The lowest BCUT2D eigenvalue weighted by atomic mass is 9.88. The van der Waals surface area contributed by atoms with Crippen LogP contribution in [-0.4, -0.2) is 49.0 Å². The summed E-state index contributed by atoms with van der Waals surface area (Å²) in [7, 11) is 4.04. The number of nitrogens with zero attached hydrogens (tertiary/aromatic N) is 2. The summed E-state index contributed by atoms with van der Waals surface area (Å²) in [4.78, 5) is 30.5. The van der Waals surface area contributed by atoms with Crippen LogP contribution in [0.3, 0.4) is 0 Å². The number of hydrogen-bond donors (Lipinski definition) is 0. The number of benzene rings is 1. The number of carbonyl (C=O) groups is 2. The van der Waals surface area contributed by atoms with Gasteiger partial charge in [-0.15, -0.1) is 11.8 Å². The second-order valence-corrected chi connectivity index (χ2v) is 8.37. The van der Waals surface area contributed by atoms with Gasteiger partial charge >= 0.3 is 0 Å². The van der Waals surface area contributed by atoms with E-state index in [4.69, 9.17) is 0 Å². The molecular formula is C18H26N2O2S. The molecule has 1 unspecified atom stereocenters. The zero-order valence-corrected chi connectivity index (χ0v) is 15.4.